The van der Waals surface area contributed by atoms with Crippen molar-refractivity contribution in [1.29, 1.82) is 0 Å². The van der Waals surface area contributed by atoms with Crippen LogP contribution in [0.4, 0.5) is 0 Å². The quantitative estimate of drug-likeness (QED) is 0.329. The standard InChI is InChI=1S/C24H33NO5/c1-26-11-12-28-13-14-29-15-16-30-24-9-3-20(4-10-24)17-22-19-25(22)18-21-5-7-23(27-2)8-6-21/h3-10,22H,11-19H2,1-2H3/t22-,25?/m0/s1. The highest BCUT2D eigenvalue weighted by atomic mass is 16.6. The maximum Gasteiger partial charge on any atom is 0.119 e. The highest BCUT2D eigenvalue weighted by Gasteiger charge is 2.33. The monoisotopic (exact) mass is 415 g/mol. The SMILES string of the molecule is COCCOCCOCCOc1ccc(C[C@H]2CN2Cc2ccc(OC)cc2)cc1. The van der Waals surface area contributed by atoms with Crippen molar-refractivity contribution in [3.8, 4) is 11.5 Å². The maximum atomic E-state index is 5.74. The van der Waals surface area contributed by atoms with Crippen molar-refractivity contribution in [2.45, 2.75) is 19.0 Å². The molecule has 0 aromatic heterocycles. The molecule has 1 aliphatic rings. The first-order chi connectivity index (χ1) is 14.8. The second kappa shape index (κ2) is 12.5. The lowest BCUT2D eigenvalue weighted by Crippen LogP contribution is -2.12. The summed E-state index contributed by atoms with van der Waals surface area (Å²) in [5, 5.41) is 0. The van der Waals surface area contributed by atoms with Crippen molar-refractivity contribution >= 4 is 0 Å². The van der Waals surface area contributed by atoms with Crippen LogP contribution in [0.2, 0.25) is 0 Å². The molecule has 164 valence electrons. The van der Waals surface area contributed by atoms with Gasteiger partial charge in [0.1, 0.15) is 18.1 Å². The Bertz CT molecular complexity index is 719. The molecule has 1 fully saturated rings. The van der Waals surface area contributed by atoms with Gasteiger partial charge < -0.3 is 23.7 Å². The largest absolute Gasteiger partial charge is 0.497 e. The third kappa shape index (κ3) is 7.95. The Hall–Kier alpha value is -2.12. The molecule has 1 unspecified atom stereocenters. The molecule has 2 aromatic rings. The van der Waals surface area contributed by atoms with E-state index in [9.17, 15) is 0 Å². The van der Waals surface area contributed by atoms with E-state index in [1.54, 1.807) is 14.2 Å². The number of ether oxygens (including phenoxy) is 5. The topological polar surface area (TPSA) is 49.2 Å². The molecule has 2 aromatic carbocycles. The zero-order valence-corrected chi connectivity index (χ0v) is 18.0. The van der Waals surface area contributed by atoms with Gasteiger partial charge in [0.15, 0.2) is 0 Å². The van der Waals surface area contributed by atoms with Crippen LogP contribution in [0.15, 0.2) is 48.5 Å². The zero-order valence-electron chi connectivity index (χ0n) is 18.0. The molecule has 1 saturated heterocycles. The van der Waals surface area contributed by atoms with Crippen LogP contribution in [0.5, 0.6) is 11.5 Å². The van der Waals surface area contributed by atoms with Crippen LogP contribution in [0.3, 0.4) is 0 Å². The van der Waals surface area contributed by atoms with Crippen molar-refractivity contribution in [1.82, 2.24) is 4.90 Å². The molecule has 1 aliphatic heterocycles. The molecule has 0 N–H and O–H groups in total. The van der Waals surface area contributed by atoms with E-state index >= 15 is 0 Å². The molecule has 30 heavy (non-hydrogen) atoms. The third-order valence-electron chi connectivity index (χ3n) is 5.07. The minimum atomic E-state index is 0.537. The zero-order chi connectivity index (χ0) is 21.0. The van der Waals surface area contributed by atoms with Gasteiger partial charge >= 0.3 is 0 Å². The third-order valence-corrected chi connectivity index (χ3v) is 5.07. The Morgan fingerprint density at radius 2 is 1.33 bits per heavy atom. The van der Waals surface area contributed by atoms with Crippen molar-refractivity contribution < 1.29 is 23.7 Å². The van der Waals surface area contributed by atoms with Crippen molar-refractivity contribution in [2.24, 2.45) is 0 Å². The van der Waals surface area contributed by atoms with Crippen LogP contribution in [-0.2, 0) is 27.2 Å². The van der Waals surface area contributed by atoms with Crippen molar-refractivity contribution in [3.63, 3.8) is 0 Å². The van der Waals surface area contributed by atoms with Gasteiger partial charge in [-0.25, -0.2) is 0 Å². The molecule has 0 aliphatic carbocycles. The van der Waals surface area contributed by atoms with Gasteiger partial charge in [-0.3, -0.25) is 4.90 Å². The van der Waals surface area contributed by atoms with Gasteiger partial charge in [0, 0.05) is 26.2 Å². The summed E-state index contributed by atoms with van der Waals surface area (Å²) in [5.74, 6) is 1.78. The molecule has 6 heteroatoms. The predicted octanol–water partition coefficient (Wildman–Crippen LogP) is 3.18. The van der Waals surface area contributed by atoms with Gasteiger partial charge in [-0.2, -0.15) is 0 Å². The molecule has 6 nitrogen and oxygen atoms in total. The molecule has 3 rings (SSSR count). The second-order valence-corrected chi connectivity index (χ2v) is 7.35. The van der Waals surface area contributed by atoms with Gasteiger partial charge in [0.2, 0.25) is 0 Å². The van der Waals surface area contributed by atoms with E-state index in [1.165, 1.54) is 11.1 Å². The number of hydrogen-bond acceptors (Lipinski definition) is 6. The lowest BCUT2D eigenvalue weighted by Gasteiger charge is -2.09. The Morgan fingerprint density at radius 1 is 0.733 bits per heavy atom. The normalized spacial score (nSPS) is 17.7. The Balaban J connectivity index is 1.27. The van der Waals surface area contributed by atoms with Crippen LogP contribution < -0.4 is 9.47 Å². The summed E-state index contributed by atoms with van der Waals surface area (Å²) >= 11 is 0. The molecule has 2 atom stereocenters. The lowest BCUT2D eigenvalue weighted by atomic mass is 10.1. The summed E-state index contributed by atoms with van der Waals surface area (Å²) in [6, 6.07) is 17.3. The minimum Gasteiger partial charge on any atom is -0.497 e. The van der Waals surface area contributed by atoms with Gasteiger partial charge in [-0.15, -0.1) is 0 Å². The summed E-state index contributed by atoms with van der Waals surface area (Å²) in [6.45, 7) is 5.59. The van der Waals surface area contributed by atoms with E-state index in [0.717, 1.165) is 31.0 Å². The van der Waals surface area contributed by atoms with E-state index in [2.05, 4.69) is 29.2 Å². The van der Waals surface area contributed by atoms with E-state index in [1.807, 2.05) is 24.3 Å². The Labute approximate surface area is 179 Å². The fraction of sp³-hybridized carbons (Fsp3) is 0.500. The van der Waals surface area contributed by atoms with Gasteiger partial charge in [-0.1, -0.05) is 24.3 Å². The first kappa shape index (κ1) is 22.6. The molecule has 0 amide bonds. The van der Waals surface area contributed by atoms with Crippen LogP contribution in [0.25, 0.3) is 0 Å². The molecular formula is C24H33NO5. The smallest absolute Gasteiger partial charge is 0.119 e. The highest BCUT2D eigenvalue weighted by molar-refractivity contribution is 5.29. The average Bonchev–Trinajstić information content (AvgIpc) is 3.51. The van der Waals surface area contributed by atoms with Crippen LogP contribution in [0.1, 0.15) is 11.1 Å². The minimum absolute atomic E-state index is 0.537. The number of rotatable bonds is 15. The molecule has 0 bridgehead atoms. The Morgan fingerprint density at radius 3 is 2.00 bits per heavy atom. The summed E-state index contributed by atoms with van der Waals surface area (Å²) in [5.41, 5.74) is 2.67. The number of benzene rings is 2. The van der Waals surface area contributed by atoms with E-state index in [0.29, 0.717) is 45.7 Å². The first-order valence-electron chi connectivity index (χ1n) is 10.5. The van der Waals surface area contributed by atoms with Crippen LogP contribution in [-0.4, -0.2) is 71.3 Å². The second-order valence-electron chi connectivity index (χ2n) is 7.35. The summed E-state index contributed by atoms with van der Waals surface area (Å²) < 4.78 is 26.7. The van der Waals surface area contributed by atoms with Crippen molar-refractivity contribution in [2.75, 3.05) is 60.4 Å². The van der Waals surface area contributed by atoms with Gasteiger partial charge in [0.25, 0.3) is 0 Å². The lowest BCUT2D eigenvalue weighted by molar-refractivity contribution is 0.0180. The number of nitrogens with zero attached hydrogens (tertiary/aromatic N) is 1. The van der Waals surface area contributed by atoms with E-state index in [4.69, 9.17) is 23.7 Å². The average molecular weight is 416 g/mol. The Kier molecular flexibility index (Phi) is 9.44. The molecule has 1 heterocycles. The highest BCUT2D eigenvalue weighted by Crippen LogP contribution is 2.26. The van der Waals surface area contributed by atoms with Crippen molar-refractivity contribution in [3.05, 3.63) is 59.7 Å². The molecule has 0 spiro atoms. The summed E-state index contributed by atoms with van der Waals surface area (Å²) in [6.07, 6.45) is 1.07. The summed E-state index contributed by atoms with van der Waals surface area (Å²) in [7, 11) is 3.36. The predicted molar refractivity (Wildman–Crippen MR) is 116 cm³/mol. The van der Waals surface area contributed by atoms with Gasteiger partial charge in [0.05, 0.1) is 40.1 Å². The number of hydrogen-bond donors (Lipinski definition) is 0. The van der Waals surface area contributed by atoms with Crippen LogP contribution in [0, 0.1) is 0 Å². The summed E-state index contributed by atoms with van der Waals surface area (Å²) in [4.78, 5) is 2.49. The molecule has 0 saturated carbocycles. The fourth-order valence-corrected chi connectivity index (χ4v) is 3.25. The molecular weight excluding hydrogens is 382 g/mol. The number of methoxy groups -OCH3 is 2. The maximum absolute atomic E-state index is 5.74. The van der Waals surface area contributed by atoms with Crippen LogP contribution >= 0.6 is 0 Å². The van der Waals surface area contributed by atoms with E-state index in [-0.39, 0.29) is 0 Å². The fourth-order valence-electron chi connectivity index (χ4n) is 3.25. The van der Waals surface area contributed by atoms with Gasteiger partial charge in [-0.05, 0) is 41.8 Å². The molecule has 0 radical (unpaired) electrons. The van der Waals surface area contributed by atoms with E-state index < -0.39 is 0 Å². The first-order valence-corrected chi connectivity index (χ1v) is 10.5.